The van der Waals surface area contributed by atoms with Crippen molar-refractivity contribution in [3.8, 4) is 0 Å². The molecule has 0 aliphatic rings. The van der Waals surface area contributed by atoms with E-state index in [4.69, 9.17) is 5.73 Å². The molecule has 0 unspecified atom stereocenters. The normalized spacial score (nSPS) is 12.0. The highest BCUT2D eigenvalue weighted by molar-refractivity contribution is 5.87. The number of likely N-dealkylation sites (N-methyl/N-ethyl adjacent to an activating group) is 1. The molecule has 0 bridgehead atoms. The largest absolute Gasteiger partial charge is 0.358 e. The van der Waals surface area contributed by atoms with Gasteiger partial charge in [0.05, 0.1) is 12.6 Å². The summed E-state index contributed by atoms with van der Waals surface area (Å²) in [6.07, 6.45) is 0.815. The van der Waals surface area contributed by atoms with Crippen LogP contribution in [0.5, 0.6) is 0 Å². The van der Waals surface area contributed by atoms with Crippen molar-refractivity contribution < 1.29 is 9.59 Å². The number of nitrogens with two attached hydrogens (primary N) is 1. The predicted octanol–water partition coefficient (Wildman–Crippen LogP) is -0.682. The molecule has 5 nitrogen and oxygen atoms in total. The molecular weight excluding hydrogens is 182 g/mol. The van der Waals surface area contributed by atoms with Crippen LogP contribution in [0.4, 0.5) is 0 Å². The van der Waals surface area contributed by atoms with E-state index in [1.165, 1.54) is 4.90 Å². The van der Waals surface area contributed by atoms with Crippen LogP contribution in [0.3, 0.4) is 0 Å². The minimum Gasteiger partial charge on any atom is -0.358 e. The lowest BCUT2D eigenvalue weighted by atomic mass is 10.3. The average Bonchev–Trinajstić information content (AvgIpc) is 2.15. The van der Waals surface area contributed by atoms with Crippen molar-refractivity contribution >= 4 is 11.8 Å². The Kier molecular flexibility index (Phi) is 5.87. The van der Waals surface area contributed by atoms with Crippen molar-refractivity contribution in [3.63, 3.8) is 0 Å². The first kappa shape index (κ1) is 12.9. The third-order valence-electron chi connectivity index (χ3n) is 1.81. The molecule has 0 spiro atoms. The summed E-state index contributed by atoms with van der Waals surface area (Å²) in [5, 5.41) is 2.47. The fourth-order valence-electron chi connectivity index (χ4n) is 1.08. The maximum absolute atomic E-state index is 11.5. The average molecular weight is 201 g/mol. The Morgan fingerprint density at radius 1 is 1.50 bits per heavy atom. The number of carbonyl (C=O) groups is 2. The highest BCUT2D eigenvalue weighted by atomic mass is 16.2. The van der Waals surface area contributed by atoms with Crippen LogP contribution in [0.25, 0.3) is 0 Å². The van der Waals surface area contributed by atoms with E-state index in [2.05, 4.69) is 5.32 Å². The van der Waals surface area contributed by atoms with Gasteiger partial charge in [0.25, 0.3) is 0 Å². The zero-order valence-electron chi connectivity index (χ0n) is 9.04. The molecule has 0 aliphatic carbocycles. The van der Waals surface area contributed by atoms with Crippen molar-refractivity contribution in [1.29, 1.82) is 0 Å². The highest BCUT2D eigenvalue weighted by Gasteiger charge is 2.18. The van der Waals surface area contributed by atoms with Crippen molar-refractivity contribution in [2.24, 2.45) is 5.73 Å². The van der Waals surface area contributed by atoms with Crippen molar-refractivity contribution in [2.45, 2.75) is 26.3 Å². The first-order chi connectivity index (χ1) is 6.52. The molecule has 0 rings (SSSR count). The summed E-state index contributed by atoms with van der Waals surface area (Å²) in [5.41, 5.74) is 5.46. The SMILES string of the molecule is CCCN(CC(=O)NC)C(=O)[C@@H](C)N. The lowest BCUT2D eigenvalue weighted by Gasteiger charge is -2.22. The third kappa shape index (κ3) is 4.23. The minimum atomic E-state index is -0.550. The Labute approximate surface area is 84.6 Å². The van der Waals surface area contributed by atoms with Crippen LogP contribution in [0.1, 0.15) is 20.3 Å². The van der Waals surface area contributed by atoms with Crippen LogP contribution in [0.15, 0.2) is 0 Å². The molecule has 0 saturated heterocycles. The van der Waals surface area contributed by atoms with E-state index < -0.39 is 6.04 Å². The fourth-order valence-corrected chi connectivity index (χ4v) is 1.08. The number of nitrogens with one attached hydrogen (secondary N) is 1. The third-order valence-corrected chi connectivity index (χ3v) is 1.81. The maximum atomic E-state index is 11.5. The standard InChI is InChI=1S/C9H19N3O2/c1-4-5-12(6-8(13)11-3)9(14)7(2)10/h7H,4-6,10H2,1-3H3,(H,11,13)/t7-/m1/s1. The lowest BCUT2D eigenvalue weighted by molar-refractivity contribution is -0.136. The molecule has 0 saturated carbocycles. The van der Waals surface area contributed by atoms with Gasteiger partial charge in [-0.15, -0.1) is 0 Å². The first-order valence-electron chi connectivity index (χ1n) is 4.77. The Balaban J connectivity index is 4.28. The number of carbonyl (C=O) groups excluding carboxylic acids is 2. The number of rotatable bonds is 5. The van der Waals surface area contributed by atoms with E-state index in [1.807, 2.05) is 6.92 Å². The van der Waals surface area contributed by atoms with Gasteiger partial charge in [-0.25, -0.2) is 0 Å². The van der Waals surface area contributed by atoms with E-state index in [-0.39, 0.29) is 18.4 Å². The molecule has 2 amide bonds. The Bertz CT molecular complexity index is 204. The predicted molar refractivity (Wildman–Crippen MR) is 54.6 cm³/mol. The summed E-state index contributed by atoms with van der Waals surface area (Å²) in [6.45, 7) is 4.22. The van der Waals surface area contributed by atoms with Crippen LogP contribution in [-0.4, -0.2) is 42.9 Å². The monoisotopic (exact) mass is 201 g/mol. The molecule has 0 aromatic heterocycles. The molecule has 82 valence electrons. The Morgan fingerprint density at radius 3 is 2.43 bits per heavy atom. The van der Waals surface area contributed by atoms with E-state index in [9.17, 15) is 9.59 Å². The lowest BCUT2D eigenvalue weighted by Crippen LogP contribution is -2.46. The van der Waals surface area contributed by atoms with Crippen molar-refractivity contribution in [3.05, 3.63) is 0 Å². The van der Waals surface area contributed by atoms with Gasteiger partial charge < -0.3 is 16.0 Å². The molecule has 0 aromatic carbocycles. The van der Waals surface area contributed by atoms with Gasteiger partial charge in [0.15, 0.2) is 0 Å². The van der Waals surface area contributed by atoms with Gasteiger partial charge in [0.2, 0.25) is 11.8 Å². The second-order valence-corrected chi connectivity index (χ2v) is 3.22. The van der Waals surface area contributed by atoms with Gasteiger partial charge in [0, 0.05) is 13.6 Å². The van der Waals surface area contributed by atoms with Crippen LogP contribution in [-0.2, 0) is 9.59 Å². The van der Waals surface area contributed by atoms with Gasteiger partial charge in [-0.05, 0) is 13.3 Å². The summed E-state index contributed by atoms with van der Waals surface area (Å²) >= 11 is 0. The second-order valence-electron chi connectivity index (χ2n) is 3.22. The number of hydrogen-bond donors (Lipinski definition) is 2. The van der Waals surface area contributed by atoms with E-state index in [1.54, 1.807) is 14.0 Å². The summed E-state index contributed by atoms with van der Waals surface area (Å²) < 4.78 is 0. The highest BCUT2D eigenvalue weighted by Crippen LogP contribution is 1.95. The van der Waals surface area contributed by atoms with Gasteiger partial charge in [-0.3, -0.25) is 9.59 Å². The van der Waals surface area contributed by atoms with Crippen molar-refractivity contribution in [2.75, 3.05) is 20.1 Å². The van der Waals surface area contributed by atoms with Gasteiger partial charge in [-0.2, -0.15) is 0 Å². The van der Waals surface area contributed by atoms with Gasteiger partial charge in [0.1, 0.15) is 0 Å². The van der Waals surface area contributed by atoms with E-state index in [0.29, 0.717) is 6.54 Å². The van der Waals surface area contributed by atoms with Crippen LogP contribution >= 0.6 is 0 Å². The summed E-state index contributed by atoms with van der Waals surface area (Å²) in [6, 6.07) is -0.550. The summed E-state index contributed by atoms with van der Waals surface area (Å²) in [4.78, 5) is 24.1. The van der Waals surface area contributed by atoms with Gasteiger partial charge in [-0.1, -0.05) is 6.92 Å². The van der Waals surface area contributed by atoms with E-state index >= 15 is 0 Å². The quantitative estimate of drug-likeness (QED) is 0.618. The number of nitrogens with zero attached hydrogens (tertiary/aromatic N) is 1. The fraction of sp³-hybridized carbons (Fsp3) is 0.778. The smallest absolute Gasteiger partial charge is 0.239 e. The Hall–Kier alpha value is -1.10. The molecule has 0 aromatic rings. The minimum absolute atomic E-state index is 0.0880. The maximum Gasteiger partial charge on any atom is 0.239 e. The molecule has 5 heteroatoms. The first-order valence-corrected chi connectivity index (χ1v) is 4.77. The number of amides is 2. The molecule has 3 N–H and O–H groups in total. The van der Waals surface area contributed by atoms with Crippen LogP contribution < -0.4 is 11.1 Å². The molecule has 0 aliphatic heterocycles. The molecule has 0 fully saturated rings. The summed E-state index contributed by atoms with van der Waals surface area (Å²) in [5.74, 6) is -0.358. The van der Waals surface area contributed by atoms with E-state index in [0.717, 1.165) is 6.42 Å². The van der Waals surface area contributed by atoms with Gasteiger partial charge >= 0.3 is 0 Å². The Morgan fingerprint density at radius 2 is 2.07 bits per heavy atom. The second kappa shape index (κ2) is 6.37. The molecular formula is C9H19N3O2. The molecule has 0 heterocycles. The topological polar surface area (TPSA) is 75.4 Å². The molecule has 14 heavy (non-hydrogen) atoms. The zero-order valence-corrected chi connectivity index (χ0v) is 9.04. The van der Waals surface area contributed by atoms with Crippen LogP contribution in [0, 0.1) is 0 Å². The molecule has 0 radical (unpaired) electrons. The van der Waals surface area contributed by atoms with Crippen molar-refractivity contribution in [1.82, 2.24) is 10.2 Å². The van der Waals surface area contributed by atoms with Crippen LogP contribution in [0.2, 0.25) is 0 Å². The number of hydrogen-bond acceptors (Lipinski definition) is 3. The zero-order chi connectivity index (χ0) is 11.1. The molecule has 1 atom stereocenters. The summed E-state index contributed by atoms with van der Waals surface area (Å²) in [7, 11) is 1.54.